The SMILES string of the molecule is CCCNCC(=O)Nc1cccc(Cn2cncn2)c1. The minimum atomic E-state index is -0.0312. The Kier molecular flexibility index (Phi) is 5.25. The van der Waals surface area contributed by atoms with Gasteiger partial charge in [-0.25, -0.2) is 9.67 Å². The van der Waals surface area contributed by atoms with Crippen molar-refractivity contribution in [1.82, 2.24) is 20.1 Å². The van der Waals surface area contributed by atoms with Gasteiger partial charge in [0.1, 0.15) is 12.7 Å². The number of benzene rings is 1. The standard InChI is InChI=1S/C14H19N5O/c1-2-6-15-8-14(20)18-13-5-3-4-12(7-13)9-19-11-16-10-17-19/h3-5,7,10-11,15H,2,6,8-9H2,1H3,(H,18,20). The summed E-state index contributed by atoms with van der Waals surface area (Å²) in [4.78, 5) is 15.6. The molecule has 0 radical (unpaired) electrons. The molecule has 1 heterocycles. The van der Waals surface area contributed by atoms with E-state index in [1.165, 1.54) is 6.33 Å². The second kappa shape index (κ2) is 7.40. The molecule has 0 fully saturated rings. The topological polar surface area (TPSA) is 71.8 Å². The first-order chi connectivity index (χ1) is 9.78. The maximum absolute atomic E-state index is 11.7. The summed E-state index contributed by atoms with van der Waals surface area (Å²) in [5.41, 5.74) is 1.86. The summed E-state index contributed by atoms with van der Waals surface area (Å²) in [6.45, 7) is 3.89. The Labute approximate surface area is 118 Å². The van der Waals surface area contributed by atoms with Crippen LogP contribution in [0.25, 0.3) is 0 Å². The largest absolute Gasteiger partial charge is 0.325 e. The Morgan fingerprint density at radius 2 is 2.30 bits per heavy atom. The molecule has 0 aliphatic heterocycles. The zero-order valence-corrected chi connectivity index (χ0v) is 11.5. The van der Waals surface area contributed by atoms with Gasteiger partial charge in [0.15, 0.2) is 0 Å². The van der Waals surface area contributed by atoms with Crippen molar-refractivity contribution < 1.29 is 4.79 Å². The Hall–Kier alpha value is -2.21. The van der Waals surface area contributed by atoms with Crippen molar-refractivity contribution in [2.24, 2.45) is 0 Å². The molecule has 0 aliphatic rings. The van der Waals surface area contributed by atoms with Gasteiger partial charge in [-0.05, 0) is 30.7 Å². The Bertz CT molecular complexity index is 538. The molecule has 1 aromatic heterocycles. The van der Waals surface area contributed by atoms with Gasteiger partial charge in [0, 0.05) is 5.69 Å². The van der Waals surface area contributed by atoms with Crippen molar-refractivity contribution in [3.63, 3.8) is 0 Å². The molecule has 6 nitrogen and oxygen atoms in total. The van der Waals surface area contributed by atoms with E-state index in [1.54, 1.807) is 11.0 Å². The van der Waals surface area contributed by atoms with Gasteiger partial charge in [-0.15, -0.1) is 0 Å². The van der Waals surface area contributed by atoms with Crippen LogP contribution in [-0.2, 0) is 11.3 Å². The van der Waals surface area contributed by atoms with Crippen LogP contribution >= 0.6 is 0 Å². The summed E-state index contributed by atoms with van der Waals surface area (Å²) in [5.74, 6) is -0.0312. The number of hydrogen-bond donors (Lipinski definition) is 2. The van der Waals surface area contributed by atoms with Crippen LogP contribution in [0.5, 0.6) is 0 Å². The molecule has 1 aromatic carbocycles. The molecule has 0 saturated carbocycles. The van der Waals surface area contributed by atoms with Crippen molar-refractivity contribution in [3.8, 4) is 0 Å². The van der Waals surface area contributed by atoms with Gasteiger partial charge < -0.3 is 10.6 Å². The molecule has 1 amide bonds. The van der Waals surface area contributed by atoms with E-state index in [0.717, 1.165) is 24.2 Å². The Morgan fingerprint density at radius 3 is 3.05 bits per heavy atom. The van der Waals surface area contributed by atoms with Crippen molar-refractivity contribution in [1.29, 1.82) is 0 Å². The van der Waals surface area contributed by atoms with Crippen LogP contribution in [0.15, 0.2) is 36.9 Å². The zero-order chi connectivity index (χ0) is 14.2. The number of carbonyl (C=O) groups excluding carboxylic acids is 1. The van der Waals surface area contributed by atoms with Crippen molar-refractivity contribution in [2.75, 3.05) is 18.4 Å². The molecule has 20 heavy (non-hydrogen) atoms. The van der Waals surface area contributed by atoms with E-state index in [2.05, 4.69) is 27.6 Å². The number of nitrogens with one attached hydrogen (secondary N) is 2. The molecule has 106 valence electrons. The van der Waals surface area contributed by atoms with Gasteiger partial charge >= 0.3 is 0 Å². The second-order valence-corrected chi connectivity index (χ2v) is 4.52. The highest BCUT2D eigenvalue weighted by Gasteiger charge is 2.03. The van der Waals surface area contributed by atoms with Crippen molar-refractivity contribution in [3.05, 3.63) is 42.5 Å². The molecule has 0 bridgehead atoms. The predicted octanol–water partition coefficient (Wildman–Crippen LogP) is 1.26. The van der Waals surface area contributed by atoms with Gasteiger partial charge in [-0.3, -0.25) is 4.79 Å². The summed E-state index contributed by atoms with van der Waals surface area (Å²) in [6, 6.07) is 7.73. The molecule has 0 unspecified atom stereocenters. The predicted molar refractivity (Wildman–Crippen MR) is 77.4 cm³/mol. The average molecular weight is 273 g/mol. The Balaban J connectivity index is 1.90. The van der Waals surface area contributed by atoms with Gasteiger partial charge in [-0.1, -0.05) is 19.1 Å². The minimum absolute atomic E-state index is 0.0312. The van der Waals surface area contributed by atoms with Crippen LogP contribution in [0, 0.1) is 0 Å². The molecule has 0 atom stereocenters. The molecule has 0 aliphatic carbocycles. The van der Waals surface area contributed by atoms with Gasteiger partial charge in [0.05, 0.1) is 13.1 Å². The third-order valence-electron chi connectivity index (χ3n) is 2.73. The number of aromatic nitrogens is 3. The molecular formula is C14H19N5O. The first-order valence-corrected chi connectivity index (χ1v) is 6.70. The molecule has 6 heteroatoms. The number of hydrogen-bond acceptors (Lipinski definition) is 4. The molecule has 0 saturated heterocycles. The fourth-order valence-electron chi connectivity index (χ4n) is 1.83. The quantitative estimate of drug-likeness (QED) is 0.745. The van der Waals surface area contributed by atoms with E-state index in [1.807, 2.05) is 24.3 Å². The average Bonchev–Trinajstić information content (AvgIpc) is 2.92. The van der Waals surface area contributed by atoms with Crippen molar-refractivity contribution >= 4 is 11.6 Å². The highest BCUT2D eigenvalue weighted by atomic mass is 16.1. The molecule has 2 aromatic rings. The first kappa shape index (κ1) is 14.2. The molecular weight excluding hydrogens is 254 g/mol. The van der Waals surface area contributed by atoms with Crippen LogP contribution in [0.3, 0.4) is 0 Å². The maximum atomic E-state index is 11.7. The second-order valence-electron chi connectivity index (χ2n) is 4.52. The van der Waals surface area contributed by atoms with Crippen LogP contribution < -0.4 is 10.6 Å². The fraction of sp³-hybridized carbons (Fsp3) is 0.357. The zero-order valence-electron chi connectivity index (χ0n) is 11.5. The lowest BCUT2D eigenvalue weighted by Gasteiger charge is -2.08. The van der Waals surface area contributed by atoms with Gasteiger partial charge in [0.25, 0.3) is 0 Å². The number of carbonyl (C=O) groups is 1. The van der Waals surface area contributed by atoms with Crippen LogP contribution in [-0.4, -0.2) is 33.8 Å². The van der Waals surface area contributed by atoms with E-state index in [0.29, 0.717) is 13.1 Å². The van der Waals surface area contributed by atoms with E-state index in [-0.39, 0.29) is 5.91 Å². The number of anilines is 1. The molecule has 2 rings (SSSR count). The third kappa shape index (κ3) is 4.47. The van der Waals surface area contributed by atoms with E-state index in [4.69, 9.17) is 0 Å². The highest BCUT2D eigenvalue weighted by Crippen LogP contribution is 2.11. The fourth-order valence-corrected chi connectivity index (χ4v) is 1.83. The van der Waals surface area contributed by atoms with Crippen LogP contribution in [0.4, 0.5) is 5.69 Å². The van der Waals surface area contributed by atoms with Gasteiger partial charge in [0.2, 0.25) is 5.91 Å². The van der Waals surface area contributed by atoms with Crippen LogP contribution in [0.2, 0.25) is 0 Å². The maximum Gasteiger partial charge on any atom is 0.238 e. The number of amides is 1. The van der Waals surface area contributed by atoms with E-state index < -0.39 is 0 Å². The Morgan fingerprint density at radius 1 is 1.40 bits per heavy atom. The first-order valence-electron chi connectivity index (χ1n) is 6.70. The van der Waals surface area contributed by atoms with Gasteiger partial charge in [-0.2, -0.15) is 5.10 Å². The van der Waals surface area contributed by atoms with Crippen molar-refractivity contribution in [2.45, 2.75) is 19.9 Å². The molecule has 0 spiro atoms. The lowest BCUT2D eigenvalue weighted by Crippen LogP contribution is -2.28. The summed E-state index contributed by atoms with van der Waals surface area (Å²) < 4.78 is 1.74. The lowest BCUT2D eigenvalue weighted by atomic mass is 10.2. The third-order valence-corrected chi connectivity index (χ3v) is 2.73. The summed E-state index contributed by atoms with van der Waals surface area (Å²) >= 11 is 0. The lowest BCUT2D eigenvalue weighted by molar-refractivity contribution is -0.115. The van der Waals surface area contributed by atoms with E-state index in [9.17, 15) is 4.79 Å². The number of rotatable bonds is 7. The number of nitrogens with zero attached hydrogens (tertiary/aromatic N) is 3. The van der Waals surface area contributed by atoms with Crippen LogP contribution in [0.1, 0.15) is 18.9 Å². The highest BCUT2D eigenvalue weighted by molar-refractivity contribution is 5.92. The summed E-state index contributed by atoms with van der Waals surface area (Å²) in [5, 5.41) is 10.0. The summed E-state index contributed by atoms with van der Waals surface area (Å²) in [6.07, 6.45) is 4.19. The smallest absolute Gasteiger partial charge is 0.238 e. The van der Waals surface area contributed by atoms with E-state index >= 15 is 0 Å². The minimum Gasteiger partial charge on any atom is -0.325 e. The monoisotopic (exact) mass is 273 g/mol. The molecule has 2 N–H and O–H groups in total. The normalized spacial score (nSPS) is 10.4. The summed E-state index contributed by atoms with van der Waals surface area (Å²) in [7, 11) is 0.